The molecular formula is C16H24O. The van der Waals surface area contributed by atoms with Crippen LogP contribution in [0.1, 0.15) is 49.7 Å². The summed E-state index contributed by atoms with van der Waals surface area (Å²) in [4.78, 5) is 0. The molecule has 1 aromatic carbocycles. The quantitative estimate of drug-likeness (QED) is 0.835. The SMILES string of the molecule is Cc1ccc(CC(O)CC2CCCCC2)cc1. The van der Waals surface area contributed by atoms with Crippen LogP contribution >= 0.6 is 0 Å². The standard InChI is InChI=1S/C16H24O/c1-13-7-9-15(10-8-13)12-16(17)11-14-5-3-2-4-6-14/h7-10,14,16-17H,2-6,11-12H2,1H3. The van der Waals surface area contributed by atoms with E-state index >= 15 is 0 Å². The zero-order valence-corrected chi connectivity index (χ0v) is 10.9. The first kappa shape index (κ1) is 12.6. The highest BCUT2D eigenvalue weighted by atomic mass is 16.3. The van der Waals surface area contributed by atoms with Crippen molar-refractivity contribution in [1.29, 1.82) is 0 Å². The van der Waals surface area contributed by atoms with Gasteiger partial charge in [-0.1, -0.05) is 61.9 Å². The van der Waals surface area contributed by atoms with Crippen LogP contribution < -0.4 is 0 Å². The molecule has 0 aromatic heterocycles. The molecule has 0 spiro atoms. The highest BCUT2D eigenvalue weighted by molar-refractivity contribution is 5.21. The molecule has 1 heteroatoms. The van der Waals surface area contributed by atoms with Gasteiger partial charge in [0.25, 0.3) is 0 Å². The minimum atomic E-state index is -0.152. The number of aryl methyl sites for hydroxylation is 1. The maximum absolute atomic E-state index is 10.1. The summed E-state index contributed by atoms with van der Waals surface area (Å²) in [6.45, 7) is 2.10. The lowest BCUT2D eigenvalue weighted by atomic mass is 9.84. The normalized spacial score (nSPS) is 19.2. The van der Waals surface area contributed by atoms with Gasteiger partial charge in [-0.05, 0) is 31.2 Å². The summed E-state index contributed by atoms with van der Waals surface area (Å²) >= 11 is 0. The van der Waals surface area contributed by atoms with Gasteiger partial charge in [0.1, 0.15) is 0 Å². The Kier molecular flexibility index (Phi) is 4.61. The third-order valence-electron chi connectivity index (χ3n) is 3.92. The lowest BCUT2D eigenvalue weighted by molar-refractivity contribution is 0.130. The number of hydrogen-bond donors (Lipinski definition) is 1. The summed E-state index contributed by atoms with van der Waals surface area (Å²) in [6, 6.07) is 8.53. The van der Waals surface area contributed by atoms with Gasteiger partial charge in [-0.15, -0.1) is 0 Å². The summed E-state index contributed by atoms with van der Waals surface area (Å²) in [5, 5.41) is 10.1. The largest absolute Gasteiger partial charge is 0.393 e. The van der Waals surface area contributed by atoms with Gasteiger partial charge in [0.05, 0.1) is 6.10 Å². The van der Waals surface area contributed by atoms with E-state index in [0.717, 1.165) is 18.8 Å². The van der Waals surface area contributed by atoms with Crippen molar-refractivity contribution in [1.82, 2.24) is 0 Å². The highest BCUT2D eigenvalue weighted by Crippen LogP contribution is 2.28. The van der Waals surface area contributed by atoms with E-state index in [2.05, 4.69) is 31.2 Å². The molecular weight excluding hydrogens is 208 g/mol. The fraction of sp³-hybridized carbons (Fsp3) is 0.625. The van der Waals surface area contributed by atoms with E-state index in [0.29, 0.717) is 0 Å². The van der Waals surface area contributed by atoms with Crippen LogP contribution in [0.3, 0.4) is 0 Å². The van der Waals surface area contributed by atoms with E-state index in [9.17, 15) is 5.11 Å². The van der Waals surface area contributed by atoms with Crippen molar-refractivity contribution in [2.45, 2.75) is 58.0 Å². The van der Waals surface area contributed by atoms with Crippen molar-refractivity contribution < 1.29 is 5.11 Å². The minimum absolute atomic E-state index is 0.152. The fourth-order valence-corrected chi connectivity index (χ4v) is 2.89. The molecule has 0 amide bonds. The van der Waals surface area contributed by atoms with Crippen molar-refractivity contribution in [3.05, 3.63) is 35.4 Å². The molecule has 0 aliphatic heterocycles. The zero-order valence-electron chi connectivity index (χ0n) is 10.9. The van der Waals surface area contributed by atoms with Gasteiger partial charge in [-0.2, -0.15) is 0 Å². The Morgan fingerprint density at radius 1 is 1.12 bits per heavy atom. The number of hydrogen-bond acceptors (Lipinski definition) is 1. The van der Waals surface area contributed by atoms with Gasteiger partial charge in [-0.3, -0.25) is 0 Å². The molecule has 0 radical (unpaired) electrons. The summed E-state index contributed by atoms with van der Waals surface area (Å²) < 4.78 is 0. The molecule has 2 rings (SSSR count). The van der Waals surface area contributed by atoms with Crippen LogP contribution in [0.15, 0.2) is 24.3 Å². The first-order valence-electron chi connectivity index (χ1n) is 6.97. The van der Waals surface area contributed by atoms with Crippen LogP contribution in [0.2, 0.25) is 0 Å². The Bertz CT molecular complexity index is 322. The van der Waals surface area contributed by atoms with Crippen LogP contribution in [0.4, 0.5) is 0 Å². The molecule has 94 valence electrons. The summed E-state index contributed by atoms with van der Waals surface area (Å²) in [5.74, 6) is 0.768. The molecule has 1 aliphatic rings. The second-order valence-electron chi connectivity index (χ2n) is 5.58. The Hall–Kier alpha value is -0.820. The molecule has 0 bridgehead atoms. The Morgan fingerprint density at radius 2 is 1.76 bits per heavy atom. The smallest absolute Gasteiger partial charge is 0.0583 e. The lowest BCUT2D eigenvalue weighted by Crippen LogP contribution is -2.18. The second-order valence-corrected chi connectivity index (χ2v) is 5.58. The minimum Gasteiger partial charge on any atom is -0.393 e. The first-order chi connectivity index (χ1) is 8.24. The average Bonchev–Trinajstić information content (AvgIpc) is 2.33. The second kappa shape index (κ2) is 6.20. The maximum Gasteiger partial charge on any atom is 0.0583 e. The number of benzene rings is 1. The van der Waals surface area contributed by atoms with Crippen molar-refractivity contribution in [3.8, 4) is 0 Å². The third kappa shape index (κ3) is 4.16. The van der Waals surface area contributed by atoms with Crippen LogP contribution in [0, 0.1) is 12.8 Å². The van der Waals surface area contributed by atoms with Crippen LogP contribution in [0.25, 0.3) is 0 Å². The molecule has 1 saturated carbocycles. The fourth-order valence-electron chi connectivity index (χ4n) is 2.89. The van der Waals surface area contributed by atoms with Crippen molar-refractivity contribution in [3.63, 3.8) is 0 Å². The molecule has 1 nitrogen and oxygen atoms in total. The van der Waals surface area contributed by atoms with E-state index in [-0.39, 0.29) is 6.10 Å². The van der Waals surface area contributed by atoms with E-state index in [1.165, 1.54) is 43.2 Å². The Morgan fingerprint density at radius 3 is 2.41 bits per heavy atom. The number of aliphatic hydroxyl groups is 1. The molecule has 1 N–H and O–H groups in total. The van der Waals surface area contributed by atoms with Gasteiger partial charge >= 0.3 is 0 Å². The Labute approximate surface area is 105 Å². The predicted octanol–water partition coefficient (Wildman–Crippen LogP) is 3.87. The van der Waals surface area contributed by atoms with Crippen molar-refractivity contribution in [2.75, 3.05) is 0 Å². The van der Waals surface area contributed by atoms with Gasteiger partial charge in [0.2, 0.25) is 0 Å². The summed E-state index contributed by atoms with van der Waals surface area (Å²) in [6.07, 6.45) is 8.43. The van der Waals surface area contributed by atoms with Gasteiger partial charge < -0.3 is 5.11 Å². The zero-order chi connectivity index (χ0) is 12.1. The predicted molar refractivity (Wildman–Crippen MR) is 72.1 cm³/mol. The van der Waals surface area contributed by atoms with Crippen LogP contribution in [-0.4, -0.2) is 11.2 Å². The molecule has 1 unspecified atom stereocenters. The Balaban J connectivity index is 1.79. The van der Waals surface area contributed by atoms with Gasteiger partial charge in [0, 0.05) is 0 Å². The van der Waals surface area contributed by atoms with E-state index in [1.807, 2.05) is 0 Å². The molecule has 1 aromatic rings. The number of aliphatic hydroxyl groups excluding tert-OH is 1. The first-order valence-corrected chi connectivity index (χ1v) is 6.97. The average molecular weight is 232 g/mol. The highest BCUT2D eigenvalue weighted by Gasteiger charge is 2.17. The van der Waals surface area contributed by atoms with Gasteiger partial charge in [-0.25, -0.2) is 0 Å². The van der Waals surface area contributed by atoms with E-state index in [4.69, 9.17) is 0 Å². The van der Waals surface area contributed by atoms with Crippen LogP contribution in [0.5, 0.6) is 0 Å². The molecule has 17 heavy (non-hydrogen) atoms. The monoisotopic (exact) mass is 232 g/mol. The maximum atomic E-state index is 10.1. The third-order valence-corrected chi connectivity index (χ3v) is 3.92. The molecule has 1 atom stereocenters. The summed E-state index contributed by atoms with van der Waals surface area (Å²) in [7, 11) is 0. The topological polar surface area (TPSA) is 20.2 Å². The summed E-state index contributed by atoms with van der Waals surface area (Å²) in [5.41, 5.74) is 2.55. The van der Waals surface area contributed by atoms with Crippen molar-refractivity contribution >= 4 is 0 Å². The van der Waals surface area contributed by atoms with Crippen LogP contribution in [-0.2, 0) is 6.42 Å². The molecule has 0 saturated heterocycles. The lowest BCUT2D eigenvalue weighted by Gasteiger charge is -2.24. The van der Waals surface area contributed by atoms with E-state index < -0.39 is 0 Å². The van der Waals surface area contributed by atoms with Gasteiger partial charge in [0.15, 0.2) is 0 Å². The molecule has 1 aliphatic carbocycles. The van der Waals surface area contributed by atoms with Crippen molar-refractivity contribution in [2.24, 2.45) is 5.92 Å². The molecule has 0 heterocycles. The van der Waals surface area contributed by atoms with E-state index in [1.54, 1.807) is 0 Å². The molecule has 1 fully saturated rings. The number of rotatable bonds is 4.